The fourth-order valence-electron chi connectivity index (χ4n) is 8.14. The van der Waals surface area contributed by atoms with E-state index < -0.39 is 20.0 Å². The zero-order chi connectivity index (χ0) is 43.9. The van der Waals surface area contributed by atoms with Gasteiger partial charge in [0.25, 0.3) is 0 Å². The topological polar surface area (TPSA) is 131 Å². The molecule has 0 aromatic carbocycles. The average molecular weight is 871 g/mol. The van der Waals surface area contributed by atoms with Gasteiger partial charge in [0, 0.05) is 13.0 Å². The third-order valence-corrected chi connectivity index (χ3v) is 13.1. The quantitative estimate of drug-likeness (QED) is 0.0272. The summed E-state index contributed by atoms with van der Waals surface area (Å²) in [7, 11) is -4.34. The van der Waals surface area contributed by atoms with Gasteiger partial charge in [0.05, 0.1) is 25.4 Å². The smallest absolute Gasteiger partial charge is 0.387 e. The van der Waals surface area contributed by atoms with Crippen LogP contribution in [0.2, 0.25) is 0 Å². The van der Waals surface area contributed by atoms with Crippen molar-refractivity contribution in [2.45, 2.75) is 289 Å². The summed E-state index contributed by atoms with van der Waals surface area (Å²) in [6.07, 6.45) is 55.7. The van der Waals surface area contributed by atoms with Crippen molar-refractivity contribution in [3.05, 3.63) is 12.2 Å². The van der Waals surface area contributed by atoms with E-state index in [1.54, 1.807) is 6.08 Å². The number of rotatable bonds is 50. The first kappa shape index (κ1) is 59.2. The Morgan fingerprint density at radius 1 is 0.533 bits per heavy atom. The summed E-state index contributed by atoms with van der Waals surface area (Å²) in [6, 6.07) is -0.855. The fourth-order valence-corrected chi connectivity index (χ4v) is 8.90. The van der Waals surface area contributed by atoms with Gasteiger partial charge in [-0.05, 0) is 19.3 Å². The molecule has 9 heteroatoms. The van der Waals surface area contributed by atoms with Crippen LogP contribution in [0, 0.1) is 0 Å². The Morgan fingerprint density at radius 2 is 0.850 bits per heavy atom. The van der Waals surface area contributed by atoms with Crippen LogP contribution in [0.5, 0.6) is 0 Å². The molecule has 60 heavy (non-hydrogen) atoms. The zero-order valence-electron chi connectivity index (χ0n) is 40.0. The summed E-state index contributed by atoms with van der Waals surface area (Å²) in [6.45, 7) is 4.18. The highest BCUT2D eigenvalue weighted by Gasteiger charge is 2.26. The van der Waals surface area contributed by atoms with Crippen molar-refractivity contribution in [3.8, 4) is 0 Å². The van der Waals surface area contributed by atoms with E-state index in [9.17, 15) is 19.4 Å². The number of aliphatic hydroxyl groups excluding tert-OH is 1. The normalized spacial score (nSPS) is 13.9. The van der Waals surface area contributed by atoms with Gasteiger partial charge in [0.2, 0.25) is 5.91 Å². The number of amides is 1. The summed E-state index contributed by atoms with van der Waals surface area (Å²) >= 11 is 0. The Balaban J connectivity index is 4.01. The molecular formula is C51H103N2O6P. The van der Waals surface area contributed by atoms with Gasteiger partial charge in [-0.15, -0.1) is 0 Å². The molecule has 5 N–H and O–H groups in total. The van der Waals surface area contributed by atoms with Crippen LogP contribution in [0.15, 0.2) is 12.2 Å². The Hall–Kier alpha value is -0.760. The monoisotopic (exact) mass is 871 g/mol. The molecule has 3 atom stereocenters. The Bertz CT molecular complexity index is 953. The van der Waals surface area contributed by atoms with E-state index in [1.165, 1.54) is 218 Å². The lowest BCUT2D eigenvalue weighted by Gasteiger charge is -2.23. The van der Waals surface area contributed by atoms with Crippen molar-refractivity contribution in [2.24, 2.45) is 5.73 Å². The second kappa shape index (κ2) is 47.7. The first-order valence-electron chi connectivity index (χ1n) is 26.3. The molecule has 0 bridgehead atoms. The number of unbranched alkanes of at least 4 members (excludes halogenated alkanes) is 38. The van der Waals surface area contributed by atoms with E-state index in [0.29, 0.717) is 6.42 Å². The molecule has 0 fully saturated rings. The molecule has 1 unspecified atom stereocenters. The van der Waals surface area contributed by atoms with Gasteiger partial charge in [0.1, 0.15) is 0 Å². The number of allylic oxidation sites excluding steroid dienone is 1. The molecule has 0 aromatic rings. The van der Waals surface area contributed by atoms with Crippen LogP contribution < -0.4 is 11.1 Å². The Morgan fingerprint density at radius 3 is 1.18 bits per heavy atom. The van der Waals surface area contributed by atoms with Gasteiger partial charge in [-0.25, -0.2) is 4.57 Å². The van der Waals surface area contributed by atoms with Crippen LogP contribution in [0.1, 0.15) is 277 Å². The van der Waals surface area contributed by atoms with Crippen molar-refractivity contribution in [3.63, 3.8) is 0 Å². The minimum absolute atomic E-state index is 0.0817. The predicted octanol–water partition coefficient (Wildman–Crippen LogP) is 15.5. The highest BCUT2D eigenvalue weighted by atomic mass is 31.2. The third-order valence-electron chi connectivity index (χ3n) is 12.1. The molecule has 0 radical (unpaired) electrons. The second-order valence-corrected chi connectivity index (χ2v) is 19.6. The Labute approximate surface area is 373 Å². The molecule has 0 aromatic heterocycles. The number of aliphatic hydroxyl groups is 1. The molecule has 1 amide bonds. The fraction of sp³-hybridized carbons (Fsp3) is 0.941. The van der Waals surface area contributed by atoms with Crippen LogP contribution in [0.4, 0.5) is 0 Å². The van der Waals surface area contributed by atoms with E-state index >= 15 is 0 Å². The molecular weight excluding hydrogens is 768 g/mol. The maximum absolute atomic E-state index is 12.8. The largest absolute Gasteiger partial charge is 0.472 e. The summed E-state index contributed by atoms with van der Waals surface area (Å²) in [4.78, 5) is 22.8. The van der Waals surface area contributed by atoms with Crippen LogP contribution in [-0.2, 0) is 18.4 Å². The number of carbonyl (C=O) groups excluding carboxylic acids is 1. The number of carbonyl (C=O) groups is 1. The number of nitrogens with two attached hydrogens (primary N) is 1. The van der Waals surface area contributed by atoms with Crippen LogP contribution in [0.25, 0.3) is 0 Å². The SMILES string of the molecule is CCCCCCCCCCCCCCCCC/C=C/[C@@H](O)[C@H](COP(=O)(O)OCCN)NC(=O)CCCCCCCCCCCCCCCCCCCCCCCCCC. The predicted molar refractivity (Wildman–Crippen MR) is 259 cm³/mol. The lowest BCUT2D eigenvalue weighted by Crippen LogP contribution is -2.45. The van der Waals surface area contributed by atoms with Crippen molar-refractivity contribution >= 4 is 13.7 Å². The van der Waals surface area contributed by atoms with Gasteiger partial charge < -0.3 is 21.1 Å². The Kier molecular flexibility index (Phi) is 47.1. The zero-order valence-corrected chi connectivity index (χ0v) is 40.9. The van der Waals surface area contributed by atoms with E-state index in [0.717, 1.165) is 38.5 Å². The number of phosphoric ester groups is 1. The van der Waals surface area contributed by atoms with E-state index in [-0.39, 0.29) is 25.7 Å². The van der Waals surface area contributed by atoms with Gasteiger partial charge in [-0.3, -0.25) is 13.8 Å². The minimum atomic E-state index is -4.34. The molecule has 0 spiro atoms. The minimum Gasteiger partial charge on any atom is -0.387 e. The molecule has 0 saturated carbocycles. The van der Waals surface area contributed by atoms with Gasteiger partial charge in [-0.1, -0.05) is 264 Å². The second-order valence-electron chi connectivity index (χ2n) is 18.1. The average Bonchev–Trinajstić information content (AvgIpc) is 3.24. The van der Waals surface area contributed by atoms with Crippen LogP contribution in [-0.4, -0.2) is 47.8 Å². The standard InChI is InChI=1S/C51H103N2O6P/c1-3-5-7-9-11-13-15-17-19-21-22-23-24-25-26-27-29-31-33-35-37-39-41-43-45-51(55)53-49(48-59-60(56,57)58-47-46-52)50(54)44-42-40-38-36-34-32-30-28-20-18-16-14-12-10-8-6-4-2/h42,44,49-50,54H,3-41,43,45-48,52H2,1-2H3,(H,53,55)(H,56,57)/b44-42+/t49-,50+/m0/s1. The van der Waals surface area contributed by atoms with Gasteiger partial charge in [0.15, 0.2) is 0 Å². The van der Waals surface area contributed by atoms with Gasteiger partial charge >= 0.3 is 7.82 Å². The lowest BCUT2D eigenvalue weighted by molar-refractivity contribution is -0.123. The highest BCUT2D eigenvalue weighted by molar-refractivity contribution is 7.47. The van der Waals surface area contributed by atoms with E-state index in [2.05, 4.69) is 19.2 Å². The third kappa shape index (κ3) is 45.3. The van der Waals surface area contributed by atoms with Crippen LogP contribution >= 0.6 is 7.82 Å². The summed E-state index contributed by atoms with van der Waals surface area (Å²) in [5.74, 6) is -0.187. The summed E-state index contributed by atoms with van der Waals surface area (Å²) in [5.41, 5.74) is 5.39. The lowest BCUT2D eigenvalue weighted by atomic mass is 10.0. The molecule has 0 rings (SSSR count). The number of phosphoric acid groups is 1. The molecule has 0 heterocycles. The molecule has 0 aliphatic rings. The summed E-state index contributed by atoms with van der Waals surface area (Å²) < 4.78 is 22.2. The summed E-state index contributed by atoms with van der Waals surface area (Å²) in [5, 5.41) is 13.7. The van der Waals surface area contributed by atoms with Gasteiger partial charge in [-0.2, -0.15) is 0 Å². The number of hydrogen-bond donors (Lipinski definition) is 4. The maximum atomic E-state index is 12.8. The molecule has 358 valence electrons. The molecule has 0 aliphatic heterocycles. The van der Waals surface area contributed by atoms with Crippen molar-refractivity contribution < 1.29 is 28.4 Å². The van der Waals surface area contributed by atoms with Crippen molar-refractivity contribution in [1.29, 1.82) is 0 Å². The molecule has 0 aliphatic carbocycles. The molecule has 8 nitrogen and oxygen atoms in total. The maximum Gasteiger partial charge on any atom is 0.472 e. The van der Waals surface area contributed by atoms with Crippen LogP contribution in [0.3, 0.4) is 0 Å². The van der Waals surface area contributed by atoms with E-state index in [4.69, 9.17) is 14.8 Å². The molecule has 0 saturated heterocycles. The number of hydrogen-bond acceptors (Lipinski definition) is 6. The first-order valence-corrected chi connectivity index (χ1v) is 27.8. The van der Waals surface area contributed by atoms with E-state index in [1.807, 2.05) is 6.08 Å². The van der Waals surface area contributed by atoms with Crippen molar-refractivity contribution in [2.75, 3.05) is 19.8 Å². The number of nitrogens with one attached hydrogen (secondary N) is 1. The van der Waals surface area contributed by atoms with Crippen molar-refractivity contribution in [1.82, 2.24) is 5.32 Å². The highest BCUT2D eigenvalue weighted by Crippen LogP contribution is 2.43. The first-order chi connectivity index (χ1) is 29.4.